The SMILES string of the molecule is CC(=O)c1ccc(-c2ccc(Br)cc2)cc1.COC(=O)c1ccccc1.NNc1ccccc1.O=C(/C=C(\c1ccccc1)c1c(O)c2ccccc2oc1=O)c1ccc(-c2ccc(Br)cc2)cc1.O=C(c1ccccc1)c1c(O)c2ccccc2oc1=O.O=c1cc(O)c2ccccc2o1.O=c1oc2ccccc2c(O)c1/C(=C/C(=N/Nc1ccccc1)c1ccc(-c2ccc(Br)cc2)cc1)c1ccccc1. The number of hydrogen-bond acceptors (Lipinski definition) is 21. The maximum Gasteiger partial charge on any atom is 0.351 e. The number of hydrogen-bond donors (Lipinski definition) is 7. The van der Waals surface area contributed by atoms with Crippen LogP contribution in [0.5, 0.6) is 23.0 Å². The number of esters is 1. The fourth-order valence-electron chi connectivity index (χ4n) is 14.6. The van der Waals surface area contributed by atoms with Gasteiger partial charge in [0.1, 0.15) is 56.5 Å². The van der Waals surface area contributed by atoms with Gasteiger partial charge >= 0.3 is 28.5 Å². The summed E-state index contributed by atoms with van der Waals surface area (Å²) in [5, 5.41) is 48.4. The second-order valence-electron chi connectivity index (χ2n) is 31.3. The molecule has 20 rings (SSSR count). The Morgan fingerprint density at radius 2 is 0.622 bits per heavy atom. The van der Waals surface area contributed by atoms with Gasteiger partial charge in [-0.25, -0.2) is 24.0 Å². The number of para-hydroxylation sites is 6. The van der Waals surface area contributed by atoms with Crippen molar-refractivity contribution in [1.82, 2.24) is 0 Å². The van der Waals surface area contributed by atoms with E-state index in [0.29, 0.717) is 71.8 Å². The van der Waals surface area contributed by atoms with Crippen molar-refractivity contribution >= 4 is 143 Å². The van der Waals surface area contributed by atoms with E-state index >= 15 is 0 Å². The molecule has 0 aliphatic heterocycles. The van der Waals surface area contributed by atoms with Crippen LogP contribution < -0.4 is 39.2 Å². The first kappa shape index (κ1) is 101. The van der Waals surface area contributed by atoms with Crippen LogP contribution in [0.25, 0.3) is 88.4 Å². The number of fused-ring (bicyclic) bond motifs is 4. The van der Waals surface area contributed by atoms with E-state index in [0.717, 1.165) is 80.9 Å². The molecular formula is C119H87Br3N4O17. The number of anilines is 2. The minimum Gasteiger partial charge on any atom is -0.507 e. The van der Waals surface area contributed by atoms with Gasteiger partial charge in [-0.3, -0.25) is 25.7 Å². The molecule has 0 unspecified atom stereocenters. The van der Waals surface area contributed by atoms with Crippen molar-refractivity contribution in [3.63, 3.8) is 0 Å². The van der Waals surface area contributed by atoms with E-state index in [2.05, 4.69) is 75.5 Å². The topological polar surface area (TPSA) is 342 Å². The molecule has 706 valence electrons. The first-order chi connectivity index (χ1) is 69.5. The number of allylic oxidation sites excluding steroid dienone is 2. The Balaban J connectivity index is 0.000000143. The van der Waals surface area contributed by atoms with E-state index in [-0.39, 0.29) is 68.4 Å². The number of nitrogens with one attached hydrogen (secondary N) is 2. The minimum absolute atomic E-state index is 0.0400. The number of ether oxygens (including phenoxy) is 1. The monoisotopic (exact) mass is 2080 g/mol. The maximum absolute atomic E-state index is 13.4. The molecule has 0 spiro atoms. The summed E-state index contributed by atoms with van der Waals surface area (Å²) in [6, 6.07) is 130. The van der Waals surface area contributed by atoms with Crippen LogP contribution >= 0.6 is 47.8 Å². The van der Waals surface area contributed by atoms with Crippen molar-refractivity contribution in [2.75, 3.05) is 18.0 Å². The highest BCUT2D eigenvalue weighted by Gasteiger charge is 2.25. The summed E-state index contributed by atoms with van der Waals surface area (Å²) in [7, 11) is 1.37. The van der Waals surface area contributed by atoms with Crippen LogP contribution in [0.3, 0.4) is 0 Å². The molecule has 0 amide bonds. The predicted octanol–water partition coefficient (Wildman–Crippen LogP) is 27.1. The second kappa shape index (κ2) is 49.5. The largest absolute Gasteiger partial charge is 0.507 e. The fraction of sp³-hybridized carbons (Fsp3) is 0.0168. The van der Waals surface area contributed by atoms with Crippen LogP contribution in [0.4, 0.5) is 11.4 Å². The van der Waals surface area contributed by atoms with E-state index in [9.17, 15) is 58.8 Å². The lowest BCUT2D eigenvalue weighted by atomic mass is 9.94. The van der Waals surface area contributed by atoms with Gasteiger partial charge in [0.25, 0.3) is 0 Å². The third-order valence-corrected chi connectivity index (χ3v) is 23.5. The van der Waals surface area contributed by atoms with Gasteiger partial charge in [-0.1, -0.05) is 351 Å². The lowest BCUT2D eigenvalue weighted by Gasteiger charge is -2.13. The van der Waals surface area contributed by atoms with Gasteiger partial charge in [-0.2, -0.15) is 5.10 Å². The number of Topliss-reactive ketones (excluding diaryl/α,β-unsaturated/α-hetero) is 1. The molecule has 0 bridgehead atoms. The minimum atomic E-state index is -0.838. The van der Waals surface area contributed by atoms with Gasteiger partial charge in [-0.05, 0) is 185 Å². The number of carbonyl (C=O) groups excluding carboxylic acids is 4. The number of carbonyl (C=O) groups is 4. The molecule has 21 nitrogen and oxygen atoms in total. The zero-order valence-corrected chi connectivity index (χ0v) is 81.2. The average Bonchev–Trinajstić information content (AvgIpc) is 0.764. The molecule has 0 radical (unpaired) electrons. The van der Waals surface area contributed by atoms with Crippen molar-refractivity contribution in [2.45, 2.75) is 6.92 Å². The summed E-state index contributed by atoms with van der Waals surface area (Å²) in [5.41, 5.74) is 17.7. The molecule has 143 heavy (non-hydrogen) atoms. The van der Waals surface area contributed by atoms with Crippen molar-refractivity contribution in [2.24, 2.45) is 10.9 Å². The summed E-state index contributed by atoms with van der Waals surface area (Å²) < 4.78 is 28.6. The molecule has 24 heteroatoms. The lowest BCUT2D eigenvalue weighted by molar-refractivity contribution is 0.0600. The Kier molecular flexibility index (Phi) is 35.0. The third-order valence-electron chi connectivity index (χ3n) is 21.9. The van der Waals surface area contributed by atoms with Crippen LogP contribution in [0, 0.1) is 0 Å². The smallest absolute Gasteiger partial charge is 0.351 e. The summed E-state index contributed by atoms with van der Waals surface area (Å²) in [4.78, 5) is 96.5. The highest BCUT2D eigenvalue weighted by molar-refractivity contribution is 9.11. The molecule has 0 aliphatic carbocycles. The average molecular weight is 2080 g/mol. The van der Waals surface area contributed by atoms with E-state index < -0.39 is 28.3 Å². The number of hydrazone groups is 1. The van der Waals surface area contributed by atoms with Gasteiger partial charge in [0, 0.05) is 52.5 Å². The summed E-state index contributed by atoms with van der Waals surface area (Å²) in [6.07, 6.45) is 3.19. The second-order valence-corrected chi connectivity index (χ2v) is 34.1. The first-order valence-electron chi connectivity index (χ1n) is 44.3. The fourth-order valence-corrected chi connectivity index (χ4v) is 15.4. The number of benzene rings is 16. The number of hydrazine groups is 1. The Hall–Kier alpha value is -17.8. The molecule has 0 saturated carbocycles. The Bertz CT molecular complexity index is 8210. The molecule has 8 N–H and O–H groups in total. The first-order valence-corrected chi connectivity index (χ1v) is 46.6. The molecule has 0 fully saturated rings. The molecule has 0 aliphatic rings. The van der Waals surface area contributed by atoms with Crippen LogP contribution in [0.1, 0.15) is 81.7 Å². The van der Waals surface area contributed by atoms with Crippen LogP contribution in [0.15, 0.2) is 498 Å². The number of halogens is 3. The van der Waals surface area contributed by atoms with Crippen molar-refractivity contribution < 1.29 is 62.0 Å². The number of aromatic hydroxyl groups is 4. The standard InChI is InChI=1S/C36H25BrN2O3.C30H19BrO4.C16H10O4.C14H11BrO.C9H6O3.C8H8O2.C6H8N2/c37-28-21-19-25(20-22-28)24-15-17-27(18-16-24)32(39-38-29-11-5-2-6-12-29)23-31(26-9-3-1-4-10-26)34-35(40)30-13-7-8-14-33(30)42-36(34)41;31-23-16-14-20(15-17-23)19-10-12-22(13-11-19)26(32)18-25(21-6-2-1-3-7-21)28-29(33)24-8-4-5-9-27(24)35-30(28)34;17-14(10-6-2-1-3-7-10)13-15(18)11-8-4-5-9-12(11)20-16(13)19;1-10(16)11-2-4-12(5-3-11)13-6-8-14(15)9-7-13;10-7-5-9(11)12-8-4-2-1-3-6(7)8;1-10-8(9)7-5-3-2-4-6-7;7-8-6-4-2-1-3-5-6/h1-23,38,40H;1-18,33H;1-9,18H;2-9H,1H3;1-5,10H;2-6H,1H3;1-5,8H,7H2/b31-23+,39-32-;25-18+;;;;;. The summed E-state index contributed by atoms with van der Waals surface area (Å²) >= 11 is 10.3. The van der Waals surface area contributed by atoms with Gasteiger partial charge in [0.05, 0.1) is 51.7 Å². The zero-order valence-electron chi connectivity index (χ0n) is 76.4. The van der Waals surface area contributed by atoms with Gasteiger partial charge in [0.2, 0.25) is 5.78 Å². The lowest BCUT2D eigenvalue weighted by Crippen LogP contribution is -2.15. The highest BCUT2D eigenvalue weighted by Crippen LogP contribution is 2.38. The summed E-state index contributed by atoms with van der Waals surface area (Å²) in [5.74, 6) is 3.32. The third kappa shape index (κ3) is 26.8. The van der Waals surface area contributed by atoms with Gasteiger partial charge < -0.3 is 48.3 Å². The van der Waals surface area contributed by atoms with E-state index in [4.69, 9.17) is 28.6 Å². The molecule has 20 aromatic rings. The number of nitrogen functional groups attached to an aromatic ring is 1. The Morgan fingerprint density at radius 3 is 0.993 bits per heavy atom. The van der Waals surface area contributed by atoms with Crippen LogP contribution in [0.2, 0.25) is 0 Å². The Morgan fingerprint density at radius 1 is 0.322 bits per heavy atom. The van der Waals surface area contributed by atoms with Crippen molar-refractivity contribution in [3.8, 4) is 56.4 Å². The van der Waals surface area contributed by atoms with E-state index in [1.165, 1.54) is 13.2 Å². The number of methoxy groups -OCH3 is 1. The van der Waals surface area contributed by atoms with Crippen LogP contribution in [-0.4, -0.2) is 56.6 Å². The van der Waals surface area contributed by atoms with E-state index in [1.54, 1.807) is 201 Å². The number of ketones is 3. The van der Waals surface area contributed by atoms with Crippen LogP contribution in [-0.2, 0) is 4.74 Å². The highest BCUT2D eigenvalue weighted by atomic mass is 79.9. The molecule has 0 atom stereocenters. The molecule has 4 aromatic heterocycles. The molecular weight excluding hydrogens is 2000 g/mol. The molecule has 4 heterocycles. The van der Waals surface area contributed by atoms with Gasteiger partial charge in [0.15, 0.2) is 17.1 Å². The van der Waals surface area contributed by atoms with Crippen molar-refractivity contribution in [3.05, 3.63) is 554 Å². The number of nitrogens with zero attached hydrogens (tertiary/aromatic N) is 1. The maximum atomic E-state index is 13.4. The quantitative estimate of drug-likeness (QED) is 0.00798. The summed E-state index contributed by atoms with van der Waals surface area (Å²) in [6.45, 7) is 1.58. The van der Waals surface area contributed by atoms with E-state index in [1.807, 2.05) is 224 Å². The number of rotatable bonds is 18. The number of nitrogens with two attached hydrogens (primary N) is 1. The molecule has 16 aromatic carbocycles. The van der Waals surface area contributed by atoms with Gasteiger partial charge in [-0.15, -0.1) is 0 Å². The van der Waals surface area contributed by atoms with Crippen molar-refractivity contribution in [1.29, 1.82) is 0 Å². The zero-order chi connectivity index (χ0) is 101. The normalized spacial score (nSPS) is 10.9. The Labute approximate surface area is 844 Å². The predicted molar refractivity (Wildman–Crippen MR) is 575 cm³/mol. The molecule has 0 saturated heterocycles.